The molecular formula is C10H9ClN2O. The average Bonchev–Trinajstić information content (AvgIpc) is 2.21. The fraction of sp³-hybridized carbons (Fsp3) is 0.200. The molecule has 14 heavy (non-hydrogen) atoms. The fourth-order valence-electron chi connectivity index (χ4n) is 0.986. The van der Waals surface area contributed by atoms with Crippen molar-refractivity contribution in [1.82, 2.24) is 0 Å². The van der Waals surface area contributed by atoms with Gasteiger partial charge in [-0.1, -0.05) is 28.9 Å². The second-order valence-electron chi connectivity index (χ2n) is 2.60. The van der Waals surface area contributed by atoms with Crippen LogP contribution in [0.1, 0.15) is 11.5 Å². The highest BCUT2D eigenvalue weighted by atomic mass is 35.5. The number of oxime groups is 1. The molecule has 0 fully saturated rings. The Morgan fingerprint density at radius 3 is 2.64 bits per heavy atom. The molecule has 72 valence electrons. The Morgan fingerprint density at radius 1 is 1.50 bits per heavy atom. The van der Waals surface area contributed by atoms with E-state index in [1.165, 1.54) is 13.3 Å². The highest BCUT2D eigenvalue weighted by molar-refractivity contribution is 6.30. The summed E-state index contributed by atoms with van der Waals surface area (Å²) in [5.74, 6) is -0.396. The van der Waals surface area contributed by atoms with Gasteiger partial charge in [0, 0.05) is 5.02 Å². The molecule has 1 aromatic carbocycles. The molecule has 4 heteroatoms. The minimum Gasteiger partial charge on any atom is -0.399 e. The summed E-state index contributed by atoms with van der Waals surface area (Å²) in [5.41, 5.74) is 0.845. The van der Waals surface area contributed by atoms with E-state index < -0.39 is 5.92 Å². The normalized spacial score (nSPS) is 12.4. The molecule has 1 aromatic rings. The van der Waals surface area contributed by atoms with Crippen molar-refractivity contribution in [3.8, 4) is 6.07 Å². The molecule has 1 rings (SSSR count). The first kappa shape index (κ1) is 10.6. The molecule has 0 saturated carbocycles. The molecule has 0 N–H and O–H groups in total. The van der Waals surface area contributed by atoms with Gasteiger partial charge in [-0.15, -0.1) is 0 Å². The van der Waals surface area contributed by atoms with E-state index in [0.717, 1.165) is 5.56 Å². The van der Waals surface area contributed by atoms with E-state index >= 15 is 0 Å². The van der Waals surface area contributed by atoms with Crippen molar-refractivity contribution >= 4 is 17.8 Å². The van der Waals surface area contributed by atoms with Gasteiger partial charge >= 0.3 is 0 Å². The third-order valence-corrected chi connectivity index (χ3v) is 1.94. The maximum atomic E-state index is 8.85. The van der Waals surface area contributed by atoms with Crippen LogP contribution >= 0.6 is 11.6 Å². The van der Waals surface area contributed by atoms with E-state index in [4.69, 9.17) is 16.9 Å². The van der Waals surface area contributed by atoms with E-state index in [-0.39, 0.29) is 0 Å². The van der Waals surface area contributed by atoms with Gasteiger partial charge in [-0.25, -0.2) is 0 Å². The van der Waals surface area contributed by atoms with Crippen LogP contribution in [0.25, 0.3) is 0 Å². The van der Waals surface area contributed by atoms with Crippen LogP contribution in [0.3, 0.4) is 0 Å². The number of hydrogen-bond acceptors (Lipinski definition) is 3. The van der Waals surface area contributed by atoms with Crippen molar-refractivity contribution in [1.29, 1.82) is 5.26 Å². The van der Waals surface area contributed by atoms with Gasteiger partial charge in [0.05, 0.1) is 12.3 Å². The summed E-state index contributed by atoms with van der Waals surface area (Å²) >= 11 is 5.72. The van der Waals surface area contributed by atoms with Crippen molar-refractivity contribution in [2.45, 2.75) is 5.92 Å². The summed E-state index contributed by atoms with van der Waals surface area (Å²) in [4.78, 5) is 4.51. The van der Waals surface area contributed by atoms with E-state index in [9.17, 15) is 0 Å². The molecule has 0 radical (unpaired) electrons. The van der Waals surface area contributed by atoms with Crippen LogP contribution in [0.4, 0.5) is 0 Å². The topological polar surface area (TPSA) is 45.4 Å². The first-order chi connectivity index (χ1) is 6.77. The summed E-state index contributed by atoms with van der Waals surface area (Å²) in [6, 6.07) is 9.16. The predicted octanol–water partition coefficient (Wildman–Crippen LogP) is 2.58. The summed E-state index contributed by atoms with van der Waals surface area (Å²) in [6.07, 6.45) is 1.45. The van der Waals surface area contributed by atoms with Gasteiger partial charge < -0.3 is 4.84 Å². The highest BCUT2D eigenvalue weighted by Gasteiger charge is 2.06. The van der Waals surface area contributed by atoms with Gasteiger partial charge in [0.25, 0.3) is 0 Å². The Bertz CT molecular complexity index is 353. The molecule has 3 nitrogen and oxygen atoms in total. The molecule has 0 bridgehead atoms. The van der Waals surface area contributed by atoms with E-state index in [0.29, 0.717) is 5.02 Å². The lowest BCUT2D eigenvalue weighted by Crippen LogP contribution is -1.96. The van der Waals surface area contributed by atoms with Crippen LogP contribution in [0.5, 0.6) is 0 Å². The van der Waals surface area contributed by atoms with Crippen molar-refractivity contribution in [3.63, 3.8) is 0 Å². The van der Waals surface area contributed by atoms with Crippen molar-refractivity contribution < 1.29 is 4.84 Å². The van der Waals surface area contributed by atoms with Gasteiger partial charge in [-0.2, -0.15) is 5.26 Å². The predicted molar refractivity (Wildman–Crippen MR) is 55.3 cm³/mol. The molecule has 0 aliphatic heterocycles. The van der Waals surface area contributed by atoms with Crippen LogP contribution in [0, 0.1) is 11.3 Å². The largest absolute Gasteiger partial charge is 0.399 e. The van der Waals surface area contributed by atoms with Gasteiger partial charge in [-0.3, -0.25) is 0 Å². The molecule has 0 saturated heterocycles. The van der Waals surface area contributed by atoms with Gasteiger partial charge in [0.15, 0.2) is 0 Å². The zero-order chi connectivity index (χ0) is 10.4. The van der Waals surface area contributed by atoms with Gasteiger partial charge in [0.1, 0.15) is 13.0 Å². The molecule has 1 unspecified atom stereocenters. The number of benzene rings is 1. The Balaban J connectivity index is 2.86. The summed E-state index contributed by atoms with van der Waals surface area (Å²) in [7, 11) is 1.44. The molecule has 0 amide bonds. The Kier molecular flexibility index (Phi) is 3.96. The smallest absolute Gasteiger partial charge is 0.110 e. The minimum absolute atomic E-state index is 0.396. The first-order valence-electron chi connectivity index (χ1n) is 3.99. The van der Waals surface area contributed by atoms with Crippen LogP contribution < -0.4 is 0 Å². The van der Waals surface area contributed by atoms with Crippen LogP contribution in [0.15, 0.2) is 29.4 Å². The Labute approximate surface area is 87.5 Å². The number of halogens is 1. The quantitative estimate of drug-likeness (QED) is 0.566. The molecule has 0 aliphatic rings. The third-order valence-electron chi connectivity index (χ3n) is 1.68. The average molecular weight is 209 g/mol. The minimum atomic E-state index is -0.396. The zero-order valence-corrected chi connectivity index (χ0v) is 8.40. The second kappa shape index (κ2) is 5.25. The standard InChI is InChI=1S/C10H9ClN2O/c1-14-13-7-9(6-12)8-2-4-10(11)5-3-8/h2-5,7,9H,1H3/b13-7+. The SMILES string of the molecule is CO/N=C/C(C#N)c1ccc(Cl)cc1. The van der Waals surface area contributed by atoms with E-state index in [2.05, 4.69) is 16.1 Å². The number of nitrogens with zero attached hydrogens (tertiary/aromatic N) is 2. The first-order valence-corrected chi connectivity index (χ1v) is 4.37. The molecule has 1 atom stereocenters. The lowest BCUT2D eigenvalue weighted by Gasteiger charge is -2.02. The fourth-order valence-corrected chi connectivity index (χ4v) is 1.11. The lowest BCUT2D eigenvalue weighted by molar-refractivity contribution is 0.214. The monoisotopic (exact) mass is 208 g/mol. The highest BCUT2D eigenvalue weighted by Crippen LogP contribution is 2.16. The van der Waals surface area contributed by atoms with Crippen LogP contribution in [0.2, 0.25) is 5.02 Å². The maximum absolute atomic E-state index is 8.85. The number of nitriles is 1. The van der Waals surface area contributed by atoms with E-state index in [1.54, 1.807) is 24.3 Å². The molecule has 0 aromatic heterocycles. The molecule has 0 heterocycles. The molecular weight excluding hydrogens is 200 g/mol. The lowest BCUT2D eigenvalue weighted by atomic mass is 10.0. The van der Waals surface area contributed by atoms with Crippen molar-refractivity contribution in [2.75, 3.05) is 7.11 Å². The number of rotatable bonds is 3. The van der Waals surface area contributed by atoms with Crippen molar-refractivity contribution in [3.05, 3.63) is 34.9 Å². The molecule has 0 aliphatic carbocycles. The van der Waals surface area contributed by atoms with Gasteiger partial charge in [-0.05, 0) is 17.7 Å². The Morgan fingerprint density at radius 2 is 2.14 bits per heavy atom. The summed E-state index contributed by atoms with van der Waals surface area (Å²) < 4.78 is 0. The van der Waals surface area contributed by atoms with Crippen LogP contribution in [-0.2, 0) is 4.84 Å². The maximum Gasteiger partial charge on any atom is 0.110 e. The van der Waals surface area contributed by atoms with Crippen LogP contribution in [-0.4, -0.2) is 13.3 Å². The Hall–Kier alpha value is -1.53. The second-order valence-corrected chi connectivity index (χ2v) is 3.03. The summed E-state index contributed by atoms with van der Waals surface area (Å²) in [5, 5.41) is 13.1. The third kappa shape index (κ3) is 2.75. The van der Waals surface area contributed by atoms with Crippen molar-refractivity contribution in [2.24, 2.45) is 5.16 Å². The van der Waals surface area contributed by atoms with E-state index in [1.807, 2.05) is 0 Å². The molecule has 0 spiro atoms. The summed E-state index contributed by atoms with van der Waals surface area (Å²) in [6.45, 7) is 0. The zero-order valence-electron chi connectivity index (χ0n) is 7.64. The number of hydrogen-bond donors (Lipinski definition) is 0. The van der Waals surface area contributed by atoms with Gasteiger partial charge in [0.2, 0.25) is 0 Å².